The highest BCUT2D eigenvalue weighted by molar-refractivity contribution is 4.91. The Labute approximate surface area is 94.3 Å². The molecule has 0 aliphatic heterocycles. The van der Waals surface area contributed by atoms with E-state index in [9.17, 15) is 5.11 Å². The molecule has 2 aliphatic rings. The van der Waals surface area contributed by atoms with Crippen LogP contribution in [-0.4, -0.2) is 11.2 Å². The first-order chi connectivity index (χ1) is 7.08. The zero-order valence-electron chi connectivity index (χ0n) is 10.4. The van der Waals surface area contributed by atoms with Crippen LogP contribution in [0.4, 0.5) is 0 Å². The Hall–Kier alpha value is -0.0400. The molecule has 0 saturated heterocycles. The highest BCUT2D eigenvalue weighted by Crippen LogP contribution is 2.51. The molecule has 2 bridgehead atoms. The Balaban J connectivity index is 1.90. The Bertz CT molecular complexity index is 201. The third-order valence-electron chi connectivity index (χ3n) is 4.94. The Morgan fingerprint density at radius 2 is 1.87 bits per heavy atom. The average molecular weight is 210 g/mol. The van der Waals surface area contributed by atoms with Gasteiger partial charge in [0.25, 0.3) is 0 Å². The summed E-state index contributed by atoms with van der Waals surface area (Å²) >= 11 is 0. The van der Waals surface area contributed by atoms with E-state index in [4.69, 9.17) is 0 Å². The topological polar surface area (TPSA) is 20.2 Å². The normalized spacial score (nSPS) is 38.6. The third kappa shape index (κ3) is 2.38. The monoisotopic (exact) mass is 210 g/mol. The predicted molar refractivity (Wildman–Crippen MR) is 63.6 cm³/mol. The molecule has 0 spiro atoms. The molecular weight excluding hydrogens is 184 g/mol. The van der Waals surface area contributed by atoms with Gasteiger partial charge in [0.05, 0.1) is 6.10 Å². The van der Waals surface area contributed by atoms with Crippen LogP contribution in [0.5, 0.6) is 0 Å². The summed E-state index contributed by atoms with van der Waals surface area (Å²) in [5.41, 5.74) is 0. The van der Waals surface area contributed by atoms with Gasteiger partial charge in [-0.1, -0.05) is 20.3 Å². The van der Waals surface area contributed by atoms with E-state index < -0.39 is 0 Å². The molecule has 5 atom stereocenters. The van der Waals surface area contributed by atoms with Gasteiger partial charge in [0.2, 0.25) is 0 Å². The van der Waals surface area contributed by atoms with Gasteiger partial charge < -0.3 is 5.11 Å². The van der Waals surface area contributed by atoms with Crippen molar-refractivity contribution < 1.29 is 5.11 Å². The van der Waals surface area contributed by atoms with Crippen molar-refractivity contribution in [2.45, 2.75) is 59.0 Å². The van der Waals surface area contributed by atoms with E-state index in [-0.39, 0.29) is 6.10 Å². The first kappa shape index (κ1) is 11.4. The Kier molecular flexibility index (Phi) is 3.39. The largest absolute Gasteiger partial charge is 0.393 e. The van der Waals surface area contributed by atoms with Crippen LogP contribution >= 0.6 is 0 Å². The van der Waals surface area contributed by atoms with Crippen LogP contribution < -0.4 is 0 Å². The number of aliphatic hydroxyl groups is 1. The summed E-state index contributed by atoms with van der Waals surface area (Å²) in [6.45, 7) is 6.48. The molecule has 0 aromatic rings. The van der Waals surface area contributed by atoms with Crippen LogP contribution in [0.3, 0.4) is 0 Å². The maximum absolute atomic E-state index is 9.81. The van der Waals surface area contributed by atoms with Crippen LogP contribution in [-0.2, 0) is 0 Å². The molecule has 0 radical (unpaired) electrons. The van der Waals surface area contributed by atoms with Gasteiger partial charge in [-0.05, 0) is 62.2 Å². The summed E-state index contributed by atoms with van der Waals surface area (Å²) in [4.78, 5) is 0. The Morgan fingerprint density at radius 3 is 2.27 bits per heavy atom. The molecule has 1 N–H and O–H groups in total. The predicted octanol–water partition coefficient (Wildman–Crippen LogP) is 3.47. The van der Waals surface area contributed by atoms with Crippen molar-refractivity contribution in [1.29, 1.82) is 0 Å². The van der Waals surface area contributed by atoms with Gasteiger partial charge >= 0.3 is 0 Å². The fourth-order valence-corrected chi connectivity index (χ4v) is 4.04. The SMILES string of the molecule is CC(C)C(CC1CC2CCC1C2)C(C)O. The van der Waals surface area contributed by atoms with Crippen LogP contribution in [0.2, 0.25) is 0 Å². The molecule has 0 amide bonds. The quantitative estimate of drug-likeness (QED) is 0.753. The van der Waals surface area contributed by atoms with Crippen LogP contribution in [0.1, 0.15) is 52.9 Å². The first-order valence-electron chi connectivity index (χ1n) is 6.76. The van der Waals surface area contributed by atoms with Crippen molar-refractivity contribution in [3.63, 3.8) is 0 Å². The van der Waals surface area contributed by atoms with Gasteiger partial charge in [-0.15, -0.1) is 0 Å². The standard InChI is InChI=1S/C14H26O/c1-9(2)14(10(3)15)8-13-7-11-4-5-12(13)6-11/h9-15H,4-8H2,1-3H3. The van der Waals surface area contributed by atoms with Gasteiger partial charge in [-0.2, -0.15) is 0 Å². The summed E-state index contributed by atoms with van der Waals surface area (Å²) in [7, 11) is 0. The zero-order valence-corrected chi connectivity index (χ0v) is 10.4. The summed E-state index contributed by atoms with van der Waals surface area (Å²) in [5.74, 6) is 4.14. The first-order valence-corrected chi connectivity index (χ1v) is 6.76. The van der Waals surface area contributed by atoms with Crippen molar-refractivity contribution in [2.75, 3.05) is 0 Å². The lowest BCUT2D eigenvalue weighted by Crippen LogP contribution is -2.26. The van der Waals surface area contributed by atoms with Crippen molar-refractivity contribution >= 4 is 0 Å². The zero-order chi connectivity index (χ0) is 11.0. The van der Waals surface area contributed by atoms with E-state index in [1.807, 2.05) is 6.92 Å². The molecule has 0 aromatic carbocycles. The number of fused-ring (bicyclic) bond motifs is 2. The molecule has 0 aromatic heterocycles. The van der Waals surface area contributed by atoms with Gasteiger partial charge in [0, 0.05) is 0 Å². The maximum atomic E-state index is 9.81. The van der Waals surface area contributed by atoms with Crippen LogP contribution in [0.15, 0.2) is 0 Å². The molecule has 2 fully saturated rings. The minimum atomic E-state index is -0.121. The van der Waals surface area contributed by atoms with E-state index in [2.05, 4.69) is 13.8 Å². The van der Waals surface area contributed by atoms with Crippen molar-refractivity contribution in [3.8, 4) is 0 Å². The van der Waals surface area contributed by atoms with Gasteiger partial charge in [-0.25, -0.2) is 0 Å². The molecule has 1 nitrogen and oxygen atoms in total. The number of hydrogen-bond donors (Lipinski definition) is 1. The second-order valence-electron chi connectivity index (χ2n) is 6.32. The van der Waals surface area contributed by atoms with E-state index in [0.29, 0.717) is 11.8 Å². The van der Waals surface area contributed by atoms with Crippen LogP contribution in [0.25, 0.3) is 0 Å². The van der Waals surface area contributed by atoms with Crippen molar-refractivity contribution in [3.05, 3.63) is 0 Å². The minimum absolute atomic E-state index is 0.121. The lowest BCUT2D eigenvalue weighted by Gasteiger charge is -2.30. The molecule has 1 heteroatoms. The molecule has 5 unspecified atom stereocenters. The molecule has 88 valence electrons. The maximum Gasteiger partial charge on any atom is 0.0542 e. The molecule has 15 heavy (non-hydrogen) atoms. The third-order valence-corrected chi connectivity index (χ3v) is 4.94. The lowest BCUT2D eigenvalue weighted by molar-refractivity contribution is 0.0719. The molecule has 2 aliphatic carbocycles. The smallest absolute Gasteiger partial charge is 0.0542 e. The number of rotatable bonds is 4. The van der Waals surface area contributed by atoms with E-state index in [1.165, 1.54) is 32.1 Å². The Morgan fingerprint density at radius 1 is 1.13 bits per heavy atom. The van der Waals surface area contributed by atoms with Crippen molar-refractivity contribution in [1.82, 2.24) is 0 Å². The van der Waals surface area contributed by atoms with Crippen LogP contribution in [0, 0.1) is 29.6 Å². The number of hydrogen-bond acceptors (Lipinski definition) is 1. The van der Waals surface area contributed by atoms with Gasteiger partial charge in [-0.3, -0.25) is 0 Å². The fourth-order valence-electron chi connectivity index (χ4n) is 4.04. The van der Waals surface area contributed by atoms with E-state index in [1.54, 1.807) is 0 Å². The highest BCUT2D eigenvalue weighted by Gasteiger charge is 2.40. The fraction of sp³-hybridized carbons (Fsp3) is 1.00. The second-order valence-corrected chi connectivity index (χ2v) is 6.32. The minimum Gasteiger partial charge on any atom is -0.393 e. The van der Waals surface area contributed by atoms with Gasteiger partial charge in [0.15, 0.2) is 0 Å². The molecule has 0 heterocycles. The summed E-state index contributed by atoms with van der Waals surface area (Å²) in [6.07, 6.45) is 7.07. The van der Waals surface area contributed by atoms with Crippen molar-refractivity contribution in [2.24, 2.45) is 29.6 Å². The molecule has 2 saturated carbocycles. The molecular formula is C14H26O. The average Bonchev–Trinajstić information content (AvgIpc) is 2.73. The van der Waals surface area contributed by atoms with Gasteiger partial charge in [0.1, 0.15) is 0 Å². The highest BCUT2D eigenvalue weighted by atomic mass is 16.3. The molecule has 2 rings (SSSR count). The van der Waals surface area contributed by atoms with E-state index >= 15 is 0 Å². The number of aliphatic hydroxyl groups excluding tert-OH is 1. The summed E-state index contributed by atoms with van der Waals surface area (Å²) < 4.78 is 0. The lowest BCUT2D eigenvalue weighted by atomic mass is 9.77. The second kappa shape index (κ2) is 4.45. The summed E-state index contributed by atoms with van der Waals surface area (Å²) in [5, 5.41) is 9.81. The van der Waals surface area contributed by atoms with E-state index in [0.717, 1.165) is 17.8 Å². The summed E-state index contributed by atoms with van der Waals surface area (Å²) in [6, 6.07) is 0.